The summed E-state index contributed by atoms with van der Waals surface area (Å²) < 4.78 is 38.4. The van der Waals surface area contributed by atoms with E-state index >= 15 is 0 Å². The predicted molar refractivity (Wildman–Crippen MR) is 77.0 cm³/mol. The predicted octanol–water partition coefficient (Wildman–Crippen LogP) is 0.922. The Balaban J connectivity index is 1.79. The average Bonchev–Trinajstić information content (AvgIpc) is 2.98. The van der Waals surface area contributed by atoms with E-state index in [1.807, 2.05) is 4.90 Å². The summed E-state index contributed by atoms with van der Waals surface area (Å²) in [6.07, 6.45) is -1.66. The van der Waals surface area contributed by atoms with E-state index in [1.54, 1.807) is 0 Å². The van der Waals surface area contributed by atoms with Gasteiger partial charge in [-0.15, -0.1) is 0 Å². The molecule has 1 aliphatic rings. The summed E-state index contributed by atoms with van der Waals surface area (Å²) in [6.45, 7) is 1.95. The quantitative estimate of drug-likeness (QED) is 0.772. The molecule has 1 fully saturated rings. The van der Waals surface area contributed by atoms with Crippen molar-refractivity contribution < 1.29 is 18.3 Å². The van der Waals surface area contributed by atoms with Gasteiger partial charge in [0.1, 0.15) is 11.8 Å². The van der Waals surface area contributed by atoms with Gasteiger partial charge in [-0.05, 0) is 12.8 Å². The van der Waals surface area contributed by atoms with Crippen LogP contribution in [0.4, 0.5) is 19.0 Å². The normalized spacial score (nSPS) is 17.1. The van der Waals surface area contributed by atoms with Gasteiger partial charge in [-0.2, -0.15) is 13.2 Å². The number of piperidine rings is 1. The molecule has 0 bridgehead atoms. The third kappa shape index (κ3) is 3.37. The second kappa shape index (κ2) is 6.28. The summed E-state index contributed by atoms with van der Waals surface area (Å²) in [5.41, 5.74) is 0.226. The number of fused-ring (bicyclic) bond motifs is 1. The minimum atomic E-state index is -4.54. The van der Waals surface area contributed by atoms with E-state index < -0.39 is 12.0 Å². The van der Waals surface area contributed by atoms with Gasteiger partial charge in [0, 0.05) is 25.7 Å². The first-order chi connectivity index (χ1) is 11.0. The number of aliphatic hydroxyl groups is 1. The topological polar surface area (TPSA) is 90.0 Å². The third-order valence-electron chi connectivity index (χ3n) is 3.88. The Morgan fingerprint density at radius 3 is 2.70 bits per heavy atom. The summed E-state index contributed by atoms with van der Waals surface area (Å²) >= 11 is 0. The molecule has 0 saturated carbocycles. The molecule has 3 rings (SSSR count). The van der Waals surface area contributed by atoms with Gasteiger partial charge in [0.25, 0.3) is 0 Å². The van der Waals surface area contributed by atoms with Gasteiger partial charge in [-0.25, -0.2) is 15.0 Å². The first kappa shape index (κ1) is 15.9. The Morgan fingerprint density at radius 2 is 2.04 bits per heavy atom. The highest BCUT2D eigenvalue weighted by Crippen LogP contribution is 2.31. The SMILES string of the molecule is OCCNC1CCN(c2ncnc3nc(C(F)(F)F)[nH]c23)CC1. The number of halogens is 3. The minimum absolute atomic E-state index is 0.0165. The van der Waals surface area contributed by atoms with Crippen LogP contribution in [0.5, 0.6) is 0 Å². The number of imidazole rings is 1. The first-order valence-corrected chi connectivity index (χ1v) is 7.36. The molecular formula is C13H17F3N6O. The van der Waals surface area contributed by atoms with Crippen LogP contribution in [0.25, 0.3) is 11.2 Å². The summed E-state index contributed by atoms with van der Waals surface area (Å²) in [7, 11) is 0. The molecule has 2 aromatic rings. The number of aliphatic hydroxyl groups excluding tert-OH is 1. The Bertz CT molecular complexity index is 665. The van der Waals surface area contributed by atoms with E-state index in [4.69, 9.17) is 5.11 Å². The zero-order valence-corrected chi connectivity index (χ0v) is 12.3. The Morgan fingerprint density at radius 1 is 1.30 bits per heavy atom. The highest BCUT2D eigenvalue weighted by atomic mass is 19.4. The van der Waals surface area contributed by atoms with Gasteiger partial charge in [0.2, 0.25) is 5.82 Å². The number of aromatic nitrogens is 4. The van der Waals surface area contributed by atoms with Gasteiger partial charge in [-0.3, -0.25) is 0 Å². The van der Waals surface area contributed by atoms with Gasteiger partial charge in [-0.1, -0.05) is 0 Å². The molecule has 0 radical (unpaired) electrons. The molecule has 0 amide bonds. The van der Waals surface area contributed by atoms with Crippen molar-refractivity contribution in [3.8, 4) is 0 Å². The van der Waals surface area contributed by atoms with Crippen LogP contribution in [-0.2, 0) is 6.18 Å². The van der Waals surface area contributed by atoms with Crippen molar-refractivity contribution >= 4 is 17.0 Å². The minimum Gasteiger partial charge on any atom is -0.395 e. The number of nitrogens with zero attached hydrogens (tertiary/aromatic N) is 4. The number of H-pyrrole nitrogens is 1. The van der Waals surface area contributed by atoms with E-state index in [0.717, 1.165) is 12.8 Å². The molecule has 10 heteroatoms. The molecule has 1 aliphatic heterocycles. The highest BCUT2D eigenvalue weighted by Gasteiger charge is 2.36. The lowest BCUT2D eigenvalue weighted by Crippen LogP contribution is -2.43. The third-order valence-corrected chi connectivity index (χ3v) is 3.88. The molecular weight excluding hydrogens is 313 g/mol. The van der Waals surface area contributed by atoms with Crippen LogP contribution >= 0.6 is 0 Å². The molecule has 0 aromatic carbocycles. The van der Waals surface area contributed by atoms with Crippen molar-refractivity contribution in [1.82, 2.24) is 25.3 Å². The Hall–Kier alpha value is -1.94. The average molecular weight is 330 g/mol. The van der Waals surface area contributed by atoms with E-state index in [0.29, 0.717) is 31.5 Å². The zero-order chi connectivity index (χ0) is 16.4. The lowest BCUT2D eigenvalue weighted by molar-refractivity contribution is -0.144. The van der Waals surface area contributed by atoms with Gasteiger partial charge >= 0.3 is 6.18 Å². The lowest BCUT2D eigenvalue weighted by atomic mass is 10.1. The number of hydrogen-bond acceptors (Lipinski definition) is 6. The van der Waals surface area contributed by atoms with Crippen molar-refractivity contribution in [2.24, 2.45) is 0 Å². The summed E-state index contributed by atoms with van der Waals surface area (Å²) in [5, 5.41) is 12.0. The fourth-order valence-corrected chi connectivity index (χ4v) is 2.75. The van der Waals surface area contributed by atoms with Crippen LogP contribution in [-0.4, -0.2) is 57.3 Å². The van der Waals surface area contributed by atoms with Gasteiger partial charge < -0.3 is 20.3 Å². The number of rotatable bonds is 4. The van der Waals surface area contributed by atoms with E-state index in [2.05, 4.69) is 25.3 Å². The fraction of sp³-hybridized carbons (Fsp3) is 0.615. The number of alkyl halides is 3. The van der Waals surface area contributed by atoms with E-state index in [1.165, 1.54) is 6.33 Å². The summed E-state index contributed by atoms with van der Waals surface area (Å²) in [5.74, 6) is -0.618. The Kier molecular flexibility index (Phi) is 4.35. The molecule has 0 atom stereocenters. The van der Waals surface area contributed by atoms with Crippen LogP contribution in [0.3, 0.4) is 0 Å². The number of nitrogens with one attached hydrogen (secondary N) is 2. The molecule has 23 heavy (non-hydrogen) atoms. The second-order valence-corrected chi connectivity index (χ2v) is 5.42. The van der Waals surface area contributed by atoms with E-state index in [9.17, 15) is 13.2 Å². The van der Waals surface area contributed by atoms with Crippen LogP contribution in [0.15, 0.2) is 6.33 Å². The maximum atomic E-state index is 12.8. The molecule has 3 N–H and O–H groups in total. The van der Waals surface area contributed by atoms with Crippen molar-refractivity contribution in [2.45, 2.75) is 25.1 Å². The largest absolute Gasteiger partial charge is 0.449 e. The van der Waals surface area contributed by atoms with Crippen molar-refractivity contribution in [1.29, 1.82) is 0 Å². The first-order valence-electron chi connectivity index (χ1n) is 7.36. The molecule has 0 spiro atoms. The Labute approximate surface area is 129 Å². The van der Waals surface area contributed by atoms with Crippen molar-refractivity contribution in [3.63, 3.8) is 0 Å². The fourth-order valence-electron chi connectivity index (χ4n) is 2.75. The maximum Gasteiger partial charge on any atom is 0.449 e. The summed E-state index contributed by atoms with van der Waals surface area (Å²) in [4.78, 5) is 15.7. The molecule has 2 aromatic heterocycles. The van der Waals surface area contributed by atoms with Crippen molar-refractivity contribution in [2.75, 3.05) is 31.1 Å². The molecule has 0 unspecified atom stereocenters. The van der Waals surface area contributed by atoms with Crippen LogP contribution in [0, 0.1) is 0 Å². The zero-order valence-electron chi connectivity index (χ0n) is 12.3. The standard InChI is InChI=1S/C13H17F3N6O/c14-13(15,16)12-20-9-10(21-12)18-7-19-11(9)22-4-1-8(2-5-22)17-3-6-23/h7-8,17,23H,1-6H2,(H,18,19,20,21). The molecule has 126 valence electrons. The van der Waals surface area contributed by atoms with Gasteiger partial charge in [0.15, 0.2) is 11.5 Å². The molecule has 7 nitrogen and oxygen atoms in total. The lowest BCUT2D eigenvalue weighted by Gasteiger charge is -2.33. The highest BCUT2D eigenvalue weighted by molar-refractivity contribution is 5.83. The van der Waals surface area contributed by atoms with Gasteiger partial charge in [0.05, 0.1) is 6.61 Å². The summed E-state index contributed by atoms with van der Waals surface area (Å²) in [6, 6.07) is 0.295. The van der Waals surface area contributed by atoms with E-state index in [-0.39, 0.29) is 17.8 Å². The molecule has 0 aliphatic carbocycles. The number of anilines is 1. The second-order valence-electron chi connectivity index (χ2n) is 5.42. The maximum absolute atomic E-state index is 12.8. The monoisotopic (exact) mass is 330 g/mol. The van der Waals surface area contributed by atoms with Crippen molar-refractivity contribution in [3.05, 3.63) is 12.2 Å². The number of aromatic amines is 1. The van der Waals surface area contributed by atoms with Crippen LogP contribution in [0.2, 0.25) is 0 Å². The van der Waals surface area contributed by atoms with Crippen LogP contribution in [0.1, 0.15) is 18.7 Å². The number of hydrogen-bond donors (Lipinski definition) is 3. The van der Waals surface area contributed by atoms with Crippen LogP contribution < -0.4 is 10.2 Å². The molecule has 1 saturated heterocycles. The molecule has 3 heterocycles. The smallest absolute Gasteiger partial charge is 0.395 e.